The first-order chi connectivity index (χ1) is 11.4. The van der Waals surface area contributed by atoms with Crippen molar-refractivity contribution in [2.45, 2.75) is 18.6 Å². The first-order valence-corrected chi connectivity index (χ1v) is 7.97. The van der Waals surface area contributed by atoms with E-state index in [0.717, 1.165) is 44.7 Å². The summed E-state index contributed by atoms with van der Waals surface area (Å²) in [6, 6.07) is 2.38. The summed E-state index contributed by atoms with van der Waals surface area (Å²) >= 11 is 0. The minimum absolute atomic E-state index is 0. The molecule has 0 aliphatic carbocycles. The average Bonchev–Trinajstić information content (AvgIpc) is 3.04. The van der Waals surface area contributed by atoms with Gasteiger partial charge in [-0.3, -0.25) is 9.69 Å². The highest BCUT2D eigenvalue weighted by Crippen LogP contribution is 2.33. The molecule has 25 heavy (non-hydrogen) atoms. The van der Waals surface area contributed by atoms with Gasteiger partial charge in [0, 0.05) is 45.3 Å². The molecule has 0 bridgehead atoms. The van der Waals surface area contributed by atoms with Gasteiger partial charge in [-0.25, -0.2) is 4.39 Å². The van der Waals surface area contributed by atoms with Gasteiger partial charge >= 0.3 is 6.18 Å². The molecule has 1 aromatic carbocycles. The highest BCUT2D eigenvalue weighted by molar-refractivity contribution is 5.96. The SMILES string of the molecule is Cl.O=C(c1ccc(F)cc1C(F)(F)F)N1CCC(N2CCNCC2)C1. The molecule has 2 saturated heterocycles. The van der Waals surface area contributed by atoms with Crippen LogP contribution in [0.15, 0.2) is 18.2 Å². The van der Waals surface area contributed by atoms with E-state index in [1.807, 2.05) is 0 Å². The first-order valence-electron chi connectivity index (χ1n) is 7.97. The van der Waals surface area contributed by atoms with Crippen molar-refractivity contribution < 1.29 is 22.4 Å². The predicted molar refractivity (Wildman–Crippen MR) is 87.4 cm³/mol. The largest absolute Gasteiger partial charge is 0.417 e. The number of likely N-dealkylation sites (tertiary alicyclic amines) is 1. The fourth-order valence-corrected chi connectivity index (χ4v) is 3.38. The van der Waals surface area contributed by atoms with Gasteiger partial charge in [0.05, 0.1) is 11.1 Å². The molecule has 140 valence electrons. The minimum Gasteiger partial charge on any atom is -0.337 e. The molecule has 2 heterocycles. The topological polar surface area (TPSA) is 35.6 Å². The summed E-state index contributed by atoms with van der Waals surface area (Å²) in [7, 11) is 0. The molecule has 1 N–H and O–H groups in total. The van der Waals surface area contributed by atoms with Gasteiger partial charge in [0.1, 0.15) is 5.82 Å². The van der Waals surface area contributed by atoms with Crippen LogP contribution < -0.4 is 5.32 Å². The summed E-state index contributed by atoms with van der Waals surface area (Å²) in [4.78, 5) is 16.2. The number of nitrogens with zero attached hydrogens (tertiary/aromatic N) is 2. The van der Waals surface area contributed by atoms with E-state index < -0.39 is 29.0 Å². The van der Waals surface area contributed by atoms with E-state index in [2.05, 4.69) is 10.2 Å². The van der Waals surface area contributed by atoms with Crippen LogP contribution in [-0.2, 0) is 6.18 Å². The molecule has 9 heteroatoms. The van der Waals surface area contributed by atoms with Gasteiger partial charge in [0.25, 0.3) is 5.91 Å². The van der Waals surface area contributed by atoms with E-state index >= 15 is 0 Å². The Kier molecular flexibility index (Phi) is 6.29. The third-order valence-corrected chi connectivity index (χ3v) is 4.64. The highest BCUT2D eigenvalue weighted by Gasteiger charge is 2.38. The molecule has 0 saturated carbocycles. The molecule has 1 amide bonds. The Balaban J connectivity index is 0.00000225. The maximum atomic E-state index is 13.2. The van der Waals surface area contributed by atoms with Gasteiger partial charge < -0.3 is 10.2 Å². The van der Waals surface area contributed by atoms with Gasteiger partial charge in [0.15, 0.2) is 0 Å². The molecule has 1 aromatic rings. The standard InChI is InChI=1S/C16H19F4N3O.ClH/c17-11-1-2-13(14(9-11)16(18,19)20)15(24)23-6-3-12(10-23)22-7-4-21-5-8-22;/h1-2,9,12,21H,3-8,10H2;1H. The zero-order chi connectivity index (χ0) is 17.3. The van der Waals surface area contributed by atoms with E-state index in [0.29, 0.717) is 19.2 Å². The lowest BCUT2D eigenvalue weighted by Crippen LogP contribution is -2.49. The summed E-state index contributed by atoms with van der Waals surface area (Å²) in [5.74, 6) is -1.68. The van der Waals surface area contributed by atoms with Crippen molar-refractivity contribution in [3.8, 4) is 0 Å². The van der Waals surface area contributed by atoms with Gasteiger partial charge in [-0.1, -0.05) is 0 Å². The van der Waals surface area contributed by atoms with Gasteiger partial charge in [0.2, 0.25) is 0 Å². The maximum Gasteiger partial charge on any atom is 0.417 e. The second-order valence-electron chi connectivity index (χ2n) is 6.17. The summed E-state index contributed by atoms with van der Waals surface area (Å²) in [5, 5.41) is 3.24. The molecule has 0 radical (unpaired) electrons. The van der Waals surface area contributed by atoms with E-state index in [1.54, 1.807) is 0 Å². The highest BCUT2D eigenvalue weighted by atomic mass is 35.5. The van der Waals surface area contributed by atoms with Crippen LogP contribution in [0.3, 0.4) is 0 Å². The molecule has 1 unspecified atom stereocenters. The predicted octanol–water partition coefficient (Wildman–Crippen LogP) is 2.39. The minimum atomic E-state index is -4.76. The molecule has 2 aliphatic rings. The molecule has 3 rings (SSSR count). The lowest BCUT2D eigenvalue weighted by molar-refractivity contribution is -0.138. The number of benzene rings is 1. The number of carbonyl (C=O) groups is 1. The molecule has 0 spiro atoms. The van der Waals surface area contributed by atoms with Crippen molar-refractivity contribution in [3.05, 3.63) is 35.1 Å². The van der Waals surface area contributed by atoms with Crippen LogP contribution in [0.1, 0.15) is 22.3 Å². The summed E-state index contributed by atoms with van der Waals surface area (Å²) in [5.41, 5.74) is -1.69. The van der Waals surface area contributed by atoms with Crippen molar-refractivity contribution in [1.29, 1.82) is 0 Å². The zero-order valence-corrected chi connectivity index (χ0v) is 14.3. The van der Waals surface area contributed by atoms with Crippen molar-refractivity contribution in [1.82, 2.24) is 15.1 Å². The number of alkyl halides is 3. The Morgan fingerprint density at radius 2 is 1.84 bits per heavy atom. The van der Waals surface area contributed by atoms with Crippen molar-refractivity contribution in [2.24, 2.45) is 0 Å². The molecule has 1 atom stereocenters. The molecule has 2 fully saturated rings. The Morgan fingerprint density at radius 1 is 1.16 bits per heavy atom. The second-order valence-corrected chi connectivity index (χ2v) is 6.17. The number of halogens is 5. The quantitative estimate of drug-likeness (QED) is 0.799. The van der Waals surface area contributed by atoms with Crippen LogP contribution in [0.25, 0.3) is 0 Å². The fraction of sp³-hybridized carbons (Fsp3) is 0.562. The molecular formula is C16H20ClF4N3O. The number of rotatable bonds is 2. The lowest BCUT2D eigenvalue weighted by Gasteiger charge is -2.32. The zero-order valence-electron chi connectivity index (χ0n) is 13.5. The number of piperazine rings is 1. The van der Waals surface area contributed by atoms with E-state index in [4.69, 9.17) is 0 Å². The fourth-order valence-electron chi connectivity index (χ4n) is 3.38. The third kappa shape index (κ3) is 4.43. The Bertz CT molecular complexity index is 620. The lowest BCUT2D eigenvalue weighted by atomic mass is 10.1. The summed E-state index contributed by atoms with van der Waals surface area (Å²) in [6.07, 6.45) is -4.01. The van der Waals surface area contributed by atoms with E-state index in [9.17, 15) is 22.4 Å². The Labute approximate surface area is 149 Å². The third-order valence-electron chi connectivity index (χ3n) is 4.64. The van der Waals surface area contributed by atoms with E-state index in [1.165, 1.54) is 4.90 Å². The van der Waals surface area contributed by atoms with E-state index in [-0.39, 0.29) is 18.4 Å². The maximum absolute atomic E-state index is 13.2. The molecule has 0 aromatic heterocycles. The van der Waals surface area contributed by atoms with Crippen LogP contribution >= 0.6 is 12.4 Å². The normalized spacial score (nSPS) is 21.9. The number of hydrogen-bond acceptors (Lipinski definition) is 3. The van der Waals surface area contributed by atoms with Crippen LogP contribution in [0, 0.1) is 5.82 Å². The first kappa shape index (κ1) is 19.9. The smallest absolute Gasteiger partial charge is 0.337 e. The number of nitrogens with one attached hydrogen (secondary N) is 1. The van der Waals surface area contributed by atoms with Crippen molar-refractivity contribution in [3.63, 3.8) is 0 Å². The average molecular weight is 382 g/mol. The molecule has 2 aliphatic heterocycles. The summed E-state index contributed by atoms with van der Waals surface area (Å²) < 4.78 is 52.5. The monoisotopic (exact) mass is 381 g/mol. The summed E-state index contributed by atoms with van der Waals surface area (Å²) in [6.45, 7) is 4.32. The van der Waals surface area contributed by atoms with Crippen LogP contribution in [0.4, 0.5) is 17.6 Å². The van der Waals surface area contributed by atoms with Gasteiger partial charge in [-0.2, -0.15) is 13.2 Å². The number of amides is 1. The number of hydrogen-bond donors (Lipinski definition) is 1. The molecular weight excluding hydrogens is 362 g/mol. The number of carbonyl (C=O) groups excluding carboxylic acids is 1. The van der Waals surface area contributed by atoms with Crippen molar-refractivity contribution in [2.75, 3.05) is 39.3 Å². The van der Waals surface area contributed by atoms with Gasteiger partial charge in [-0.15, -0.1) is 12.4 Å². The Hall–Kier alpha value is -1.38. The second kappa shape index (κ2) is 7.88. The Morgan fingerprint density at radius 3 is 2.48 bits per heavy atom. The van der Waals surface area contributed by atoms with Crippen molar-refractivity contribution >= 4 is 18.3 Å². The van der Waals surface area contributed by atoms with Crippen LogP contribution in [-0.4, -0.2) is 61.0 Å². The van der Waals surface area contributed by atoms with Crippen LogP contribution in [0.5, 0.6) is 0 Å². The van der Waals surface area contributed by atoms with Gasteiger partial charge in [-0.05, 0) is 24.6 Å². The van der Waals surface area contributed by atoms with Crippen LogP contribution in [0.2, 0.25) is 0 Å². The molecule has 4 nitrogen and oxygen atoms in total.